The summed E-state index contributed by atoms with van der Waals surface area (Å²) in [5.41, 5.74) is 3.29. The molecule has 0 amide bonds. The van der Waals surface area contributed by atoms with Gasteiger partial charge in [0.25, 0.3) is 5.56 Å². The number of aryl methyl sites for hydroxylation is 1. The van der Waals surface area contributed by atoms with Gasteiger partial charge >= 0.3 is 0 Å². The Morgan fingerprint density at radius 3 is 2.65 bits per heavy atom. The molecule has 100 valence electrons. The van der Waals surface area contributed by atoms with Gasteiger partial charge in [-0.25, -0.2) is 4.98 Å². The van der Waals surface area contributed by atoms with Crippen molar-refractivity contribution in [2.75, 3.05) is 0 Å². The predicted molar refractivity (Wildman–Crippen MR) is 83.1 cm³/mol. The minimum Gasteiger partial charge on any atom is -0.319 e. The van der Waals surface area contributed by atoms with Gasteiger partial charge in [0.15, 0.2) is 0 Å². The molecule has 20 heavy (non-hydrogen) atoms. The highest BCUT2D eigenvalue weighted by Gasteiger charge is 2.05. The Morgan fingerprint density at radius 1 is 1.10 bits per heavy atom. The summed E-state index contributed by atoms with van der Waals surface area (Å²) >= 11 is 1.62. The molecule has 4 heteroatoms. The molecular formula is C16H14N2OS. The SMILES string of the molecule is Cc1ccc(SCc2nc3ccccc3[nH]c2=O)cc1. The van der Waals surface area contributed by atoms with E-state index >= 15 is 0 Å². The van der Waals surface area contributed by atoms with Gasteiger partial charge in [0.1, 0.15) is 5.69 Å². The van der Waals surface area contributed by atoms with Crippen LogP contribution in [0, 0.1) is 6.92 Å². The number of rotatable bonds is 3. The number of nitrogens with one attached hydrogen (secondary N) is 1. The molecule has 2 aromatic carbocycles. The molecule has 0 atom stereocenters. The van der Waals surface area contributed by atoms with Crippen molar-refractivity contribution in [3.63, 3.8) is 0 Å². The van der Waals surface area contributed by atoms with Crippen molar-refractivity contribution in [1.29, 1.82) is 0 Å². The molecule has 3 rings (SSSR count). The third kappa shape index (κ3) is 2.75. The topological polar surface area (TPSA) is 45.8 Å². The van der Waals surface area contributed by atoms with Crippen LogP contribution in [0.1, 0.15) is 11.3 Å². The van der Waals surface area contributed by atoms with Gasteiger partial charge in [0.2, 0.25) is 0 Å². The lowest BCUT2D eigenvalue weighted by molar-refractivity contribution is 1.10. The van der Waals surface area contributed by atoms with E-state index in [-0.39, 0.29) is 5.56 Å². The third-order valence-electron chi connectivity index (χ3n) is 3.07. The van der Waals surface area contributed by atoms with Crippen LogP contribution in [0.5, 0.6) is 0 Å². The Bertz CT molecular complexity index is 793. The van der Waals surface area contributed by atoms with Crippen LogP contribution in [0.3, 0.4) is 0 Å². The fraction of sp³-hybridized carbons (Fsp3) is 0.125. The van der Waals surface area contributed by atoms with Crippen molar-refractivity contribution in [2.45, 2.75) is 17.6 Å². The van der Waals surface area contributed by atoms with Gasteiger partial charge in [-0.15, -0.1) is 11.8 Å². The van der Waals surface area contributed by atoms with Gasteiger partial charge in [0.05, 0.1) is 11.0 Å². The molecule has 0 aliphatic rings. The van der Waals surface area contributed by atoms with Crippen LogP contribution in [0.2, 0.25) is 0 Å². The summed E-state index contributed by atoms with van der Waals surface area (Å²) < 4.78 is 0. The van der Waals surface area contributed by atoms with Gasteiger partial charge in [-0.3, -0.25) is 4.79 Å². The highest BCUT2D eigenvalue weighted by molar-refractivity contribution is 7.98. The lowest BCUT2D eigenvalue weighted by Gasteiger charge is -2.03. The Morgan fingerprint density at radius 2 is 1.85 bits per heavy atom. The van der Waals surface area contributed by atoms with Crippen LogP contribution in [-0.2, 0) is 5.75 Å². The molecule has 1 aromatic heterocycles. The van der Waals surface area contributed by atoms with Gasteiger partial charge in [-0.1, -0.05) is 29.8 Å². The maximum atomic E-state index is 12.0. The van der Waals surface area contributed by atoms with E-state index in [1.807, 2.05) is 24.3 Å². The lowest BCUT2D eigenvalue weighted by Crippen LogP contribution is -2.14. The van der Waals surface area contributed by atoms with Crippen molar-refractivity contribution in [2.24, 2.45) is 0 Å². The molecule has 0 saturated heterocycles. The third-order valence-corrected chi connectivity index (χ3v) is 4.09. The first-order valence-electron chi connectivity index (χ1n) is 6.40. The molecular weight excluding hydrogens is 268 g/mol. The zero-order valence-electron chi connectivity index (χ0n) is 11.1. The summed E-state index contributed by atoms with van der Waals surface area (Å²) in [7, 11) is 0. The molecule has 3 nitrogen and oxygen atoms in total. The van der Waals surface area contributed by atoms with Gasteiger partial charge < -0.3 is 4.98 Å². The highest BCUT2D eigenvalue weighted by atomic mass is 32.2. The quantitative estimate of drug-likeness (QED) is 0.748. The molecule has 0 aliphatic heterocycles. The fourth-order valence-corrected chi connectivity index (χ4v) is 2.78. The smallest absolute Gasteiger partial charge is 0.271 e. The van der Waals surface area contributed by atoms with Crippen molar-refractivity contribution in [3.05, 3.63) is 70.1 Å². The van der Waals surface area contributed by atoms with E-state index in [9.17, 15) is 4.79 Å². The maximum absolute atomic E-state index is 12.0. The number of H-pyrrole nitrogens is 1. The van der Waals surface area contributed by atoms with E-state index in [4.69, 9.17) is 0 Å². The largest absolute Gasteiger partial charge is 0.319 e. The minimum absolute atomic E-state index is 0.108. The maximum Gasteiger partial charge on any atom is 0.271 e. The van der Waals surface area contributed by atoms with Crippen LogP contribution in [0.15, 0.2) is 58.2 Å². The van der Waals surface area contributed by atoms with Crippen LogP contribution >= 0.6 is 11.8 Å². The lowest BCUT2D eigenvalue weighted by atomic mass is 10.2. The Labute approximate surface area is 121 Å². The number of thioether (sulfide) groups is 1. The Kier molecular flexibility index (Phi) is 3.56. The fourth-order valence-electron chi connectivity index (χ4n) is 1.95. The van der Waals surface area contributed by atoms with Gasteiger partial charge in [0, 0.05) is 10.6 Å². The normalized spacial score (nSPS) is 10.8. The van der Waals surface area contributed by atoms with E-state index < -0.39 is 0 Å². The molecule has 1 heterocycles. The van der Waals surface area contributed by atoms with Crippen LogP contribution < -0.4 is 5.56 Å². The summed E-state index contributed by atoms with van der Waals surface area (Å²) in [4.78, 5) is 20.4. The second kappa shape index (κ2) is 5.51. The van der Waals surface area contributed by atoms with Crippen molar-refractivity contribution in [1.82, 2.24) is 9.97 Å². The van der Waals surface area contributed by atoms with E-state index in [1.165, 1.54) is 5.56 Å². The first-order chi connectivity index (χ1) is 9.72. The van der Waals surface area contributed by atoms with Crippen molar-refractivity contribution >= 4 is 22.8 Å². The second-order valence-electron chi connectivity index (χ2n) is 4.63. The number of hydrogen-bond donors (Lipinski definition) is 1. The number of aromatic amines is 1. The summed E-state index contributed by atoms with van der Waals surface area (Å²) in [6.45, 7) is 2.06. The van der Waals surface area contributed by atoms with E-state index in [0.29, 0.717) is 11.4 Å². The zero-order valence-corrected chi connectivity index (χ0v) is 11.9. The Hall–Kier alpha value is -2.07. The molecule has 0 radical (unpaired) electrons. The van der Waals surface area contributed by atoms with Crippen LogP contribution in [0.4, 0.5) is 0 Å². The molecule has 0 fully saturated rings. The van der Waals surface area contributed by atoms with Crippen molar-refractivity contribution < 1.29 is 0 Å². The van der Waals surface area contributed by atoms with Crippen LogP contribution in [-0.4, -0.2) is 9.97 Å². The predicted octanol–water partition coefficient (Wildman–Crippen LogP) is 3.52. The first kappa shape index (κ1) is 12.9. The molecule has 0 saturated carbocycles. The molecule has 0 bridgehead atoms. The minimum atomic E-state index is -0.108. The summed E-state index contributed by atoms with van der Waals surface area (Å²) in [5, 5.41) is 0. The number of nitrogens with zero attached hydrogens (tertiary/aromatic N) is 1. The van der Waals surface area contributed by atoms with Gasteiger partial charge in [-0.05, 0) is 31.2 Å². The monoisotopic (exact) mass is 282 g/mol. The molecule has 0 unspecified atom stereocenters. The van der Waals surface area contributed by atoms with Gasteiger partial charge in [-0.2, -0.15) is 0 Å². The number of aromatic nitrogens is 2. The van der Waals surface area contributed by atoms with E-state index in [1.54, 1.807) is 11.8 Å². The zero-order chi connectivity index (χ0) is 13.9. The number of hydrogen-bond acceptors (Lipinski definition) is 3. The Balaban J connectivity index is 1.85. The number of benzene rings is 2. The average molecular weight is 282 g/mol. The molecule has 0 aliphatic carbocycles. The second-order valence-corrected chi connectivity index (χ2v) is 5.68. The average Bonchev–Trinajstić information content (AvgIpc) is 2.47. The molecule has 3 aromatic rings. The summed E-state index contributed by atoms with van der Waals surface area (Å²) in [6, 6.07) is 15.8. The first-order valence-corrected chi connectivity index (χ1v) is 7.38. The number of fused-ring (bicyclic) bond motifs is 1. The van der Waals surface area contributed by atoms with Crippen LogP contribution in [0.25, 0.3) is 11.0 Å². The van der Waals surface area contributed by atoms with E-state index in [0.717, 1.165) is 15.9 Å². The molecule has 0 spiro atoms. The number of para-hydroxylation sites is 2. The summed E-state index contributed by atoms with van der Waals surface area (Å²) in [6.07, 6.45) is 0. The van der Waals surface area contributed by atoms with Crippen molar-refractivity contribution in [3.8, 4) is 0 Å². The summed E-state index contributed by atoms with van der Waals surface area (Å²) in [5.74, 6) is 0.573. The highest BCUT2D eigenvalue weighted by Crippen LogP contribution is 2.21. The van der Waals surface area contributed by atoms with E-state index in [2.05, 4.69) is 41.2 Å². The standard InChI is InChI=1S/C16H14N2OS/c1-11-6-8-12(9-7-11)20-10-15-16(19)18-14-5-3-2-4-13(14)17-15/h2-9H,10H2,1H3,(H,18,19). The molecule has 1 N–H and O–H groups in total.